The molecular weight excluding hydrogens is 327 g/mol. The third kappa shape index (κ3) is 3.95. The van der Waals surface area contributed by atoms with E-state index in [4.69, 9.17) is 5.11 Å². The van der Waals surface area contributed by atoms with Gasteiger partial charge in [-0.2, -0.15) is 13.2 Å². The number of carboxylic acids is 1. The van der Waals surface area contributed by atoms with E-state index in [1.165, 1.54) is 23.2 Å². The van der Waals surface area contributed by atoms with Gasteiger partial charge in [-0.3, -0.25) is 9.59 Å². The van der Waals surface area contributed by atoms with Crippen molar-refractivity contribution in [2.24, 2.45) is 11.8 Å². The number of nitrogens with one attached hydrogen (secondary N) is 1. The van der Waals surface area contributed by atoms with E-state index < -0.39 is 30.5 Å². The van der Waals surface area contributed by atoms with Crippen molar-refractivity contribution < 1.29 is 27.9 Å². The molecule has 0 bridgehead atoms. The fraction of sp³-hybridized carbons (Fsp3) is 0.533. The smallest absolute Gasteiger partial charge is 0.394 e. The monoisotopic (exact) mass is 345 g/mol. The van der Waals surface area contributed by atoms with Crippen LogP contribution in [0.1, 0.15) is 23.7 Å². The van der Waals surface area contributed by atoms with E-state index in [0.29, 0.717) is 12.1 Å². The van der Waals surface area contributed by atoms with Crippen LogP contribution in [0.25, 0.3) is 0 Å². The summed E-state index contributed by atoms with van der Waals surface area (Å²) in [7, 11) is 0. The van der Waals surface area contributed by atoms with Crippen LogP contribution >= 0.6 is 0 Å². The molecule has 0 aliphatic carbocycles. The highest BCUT2D eigenvalue weighted by Gasteiger charge is 2.52. The molecule has 0 spiro atoms. The Morgan fingerprint density at radius 1 is 1.38 bits per heavy atom. The molecule has 1 aliphatic rings. The van der Waals surface area contributed by atoms with Gasteiger partial charge in [-0.15, -0.1) is 0 Å². The molecule has 0 aromatic carbocycles. The first-order chi connectivity index (χ1) is 11.2. The number of rotatable bonds is 5. The van der Waals surface area contributed by atoms with E-state index in [0.717, 1.165) is 6.42 Å². The fourth-order valence-corrected chi connectivity index (χ4v) is 2.62. The molecule has 2 N–H and O–H groups in total. The Hall–Kier alpha value is -2.32. The van der Waals surface area contributed by atoms with Crippen molar-refractivity contribution >= 4 is 17.7 Å². The predicted octanol–water partition coefficient (Wildman–Crippen LogP) is 1.92. The minimum Gasteiger partial charge on any atom is -0.481 e. The molecule has 1 amide bonds. The lowest BCUT2D eigenvalue weighted by Gasteiger charge is -2.19. The number of carbonyl (C=O) groups is 2. The van der Waals surface area contributed by atoms with Crippen LogP contribution in [0.4, 0.5) is 19.0 Å². The second-order valence-electron chi connectivity index (χ2n) is 5.66. The van der Waals surface area contributed by atoms with Crippen LogP contribution in [0.3, 0.4) is 0 Å². The lowest BCUT2D eigenvalue weighted by Crippen LogP contribution is -2.33. The van der Waals surface area contributed by atoms with Gasteiger partial charge in [0.15, 0.2) is 0 Å². The predicted molar refractivity (Wildman–Crippen MR) is 79.7 cm³/mol. The second kappa shape index (κ2) is 7.06. The molecule has 1 aliphatic heterocycles. The van der Waals surface area contributed by atoms with Crippen molar-refractivity contribution in [3.8, 4) is 0 Å². The van der Waals surface area contributed by atoms with E-state index in [2.05, 4.69) is 10.3 Å². The van der Waals surface area contributed by atoms with Crippen LogP contribution in [-0.4, -0.2) is 47.8 Å². The summed E-state index contributed by atoms with van der Waals surface area (Å²) < 4.78 is 39.0. The Bertz CT molecular complexity index is 604. The molecule has 1 aromatic rings. The molecule has 0 unspecified atom stereocenters. The molecule has 1 fully saturated rings. The largest absolute Gasteiger partial charge is 0.481 e. The summed E-state index contributed by atoms with van der Waals surface area (Å²) in [6.07, 6.45) is -2.53. The van der Waals surface area contributed by atoms with E-state index in [1.54, 1.807) is 0 Å². The Morgan fingerprint density at radius 2 is 2.08 bits per heavy atom. The van der Waals surface area contributed by atoms with Crippen LogP contribution < -0.4 is 10.2 Å². The number of amides is 1. The van der Waals surface area contributed by atoms with Gasteiger partial charge in [-0.1, -0.05) is 6.92 Å². The lowest BCUT2D eigenvalue weighted by molar-refractivity contribution is -0.187. The molecule has 6 nitrogen and oxygen atoms in total. The lowest BCUT2D eigenvalue weighted by atomic mass is 9.96. The van der Waals surface area contributed by atoms with Crippen LogP contribution in [0, 0.1) is 11.8 Å². The number of nitrogens with zero attached hydrogens (tertiary/aromatic N) is 2. The zero-order valence-electron chi connectivity index (χ0n) is 13.0. The Balaban J connectivity index is 2.12. The summed E-state index contributed by atoms with van der Waals surface area (Å²) in [4.78, 5) is 28.1. The highest BCUT2D eigenvalue weighted by molar-refractivity contribution is 5.94. The number of alkyl halides is 3. The summed E-state index contributed by atoms with van der Waals surface area (Å²) in [5.74, 6) is -5.03. The summed E-state index contributed by atoms with van der Waals surface area (Å²) in [6, 6.07) is 2.89. The molecule has 2 atom stereocenters. The first-order valence-electron chi connectivity index (χ1n) is 7.52. The molecule has 1 saturated heterocycles. The summed E-state index contributed by atoms with van der Waals surface area (Å²) in [5.41, 5.74) is 0.300. The highest BCUT2D eigenvalue weighted by atomic mass is 19.4. The molecule has 0 saturated carbocycles. The van der Waals surface area contributed by atoms with Gasteiger partial charge in [0.1, 0.15) is 5.82 Å². The average molecular weight is 345 g/mol. The minimum absolute atomic E-state index is 0.222. The van der Waals surface area contributed by atoms with E-state index in [-0.39, 0.29) is 18.3 Å². The molecule has 2 heterocycles. The van der Waals surface area contributed by atoms with Gasteiger partial charge < -0.3 is 15.3 Å². The number of carboxylic acid groups (broad SMARTS) is 1. The van der Waals surface area contributed by atoms with Crippen LogP contribution in [0.15, 0.2) is 18.3 Å². The molecule has 24 heavy (non-hydrogen) atoms. The number of pyridine rings is 1. The Kier molecular flexibility index (Phi) is 5.30. The maximum Gasteiger partial charge on any atom is 0.394 e. The average Bonchev–Trinajstić information content (AvgIpc) is 2.98. The van der Waals surface area contributed by atoms with Crippen LogP contribution in [-0.2, 0) is 4.79 Å². The van der Waals surface area contributed by atoms with Crippen LogP contribution in [0.2, 0.25) is 0 Å². The Morgan fingerprint density at radius 3 is 2.54 bits per heavy atom. The van der Waals surface area contributed by atoms with Crippen molar-refractivity contribution in [3.63, 3.8) is 0 Å². The third-order valence-electron chi connectivity index (χ3n) is 3.93. The first kappa shape index (κ1) is 18.0. The number of hydrogen-bond donors (Lipinski definition) is 2. The SMILES string of the molecule is CCCNC(=O)c1ccc(N2C[C@@H](C(F)(F)F)[C@H](C(=O)O)C2)nc1. The first-order valence-corrected chi connectivity index (χ1v) is 7.52. The fourth-order valence-electron chi connectivity index (χ4n) is 2.62. The summed E-state index contributed by atoms with van der Waals surface area (Å²) in [5, 5.41) is 11.7. The molecular formula is C15H18F3N3O3. The van der Waals surface area contributed by atoms with Gasteiger partial charge in [0.05, 0.1) is 17.4 Å². The second-order valence-corrected chi connectivity index (χ2v) is 5.66. The number of halogens is 3. The molecule has 0 radical (unpaired) electrons. The standard InChI is InChI=1S/C15H18F3N3O3/c1-2-5-19-13(22)9-3-4-12(20-6-9)21-7-10(14(23)24)11(8-21)15(16,17)18/h3-4,6,10-11H,2,5,7-8H2,1H3,(H,19,22)(H,23,24)/t10-,11-/m1/s1. The topological polar surface area (TPSA) is 82.5 Å². The third-order valence-corrected chi connectivity index (χ3v) is 3.93. The minimum atomic E-state index is -4.59. The Labute approximate surface area is 136 Å². The molecule has 1 aromatic heterocycles. The van der Waals surface area contributed by atoms with Crippen molar-refractivity contribution in [2.75, 3.05) is 24.5 Å². The van der Waals surface area contributed by atoms with Crippen molar-refractivity contribution in [1.82, 2.24) is 10.3 Å². The zero-order valence-corrected chi connectivity index (χ0v) is 13.0. The quantitative estimate of drug-likeness (QED) is 0.852. The summed E-state index contributed by atoms with van der Waals surface area (Å²) >= 11 is 0. The number of aliphatic carboxylic acids is 1. The number of anilines is 1. The van der Waals surface area contributed by atoms with Gasteiger partial charge in [-0.05, 0) is 18.6 Å². The molecule has 9 heteroatoms. The highest BCUT2D eigenvalue weighted by Crippen LogP contribution is 2.38. The molecule has 2 rings (SSSR count). The van der Waals surface area contributed by atoms with E-state index in [9.17, 15) is 22.8 Å². The number of hydrogen-bond acceptors (Lipinski definition) is 4. The zero-order chi connectivity index (χ0) is 17.9. The van der Waals surface area contributed by atoms with E-state index >= 15 is 0 Å². The van der Waals surface area contributed by atoms with Crippen molar-refractivity contribution in [1.29, 1.82) is 0 Å². The van der Waals surface area contributed by atoms with Gasteiger partial charge >= 0.3 is 12.1 Å². The number of aromatic nitrogens is 1. The maximum absolute atomic E-state index is 13.0. The van der Waals surface area contributed by atoms with Gasteiger partial charge in [0.2, 0.25) is 0 Å². The van der Waals surface area contributed by atoms with Gasteiger partial charge in [0.25, 0.3) is 5.91 Å². The van der Waals surface area contributed by atoms with Crippen molar-refractivity contribution in [2.45, 2.75) is 19.5 Å². The molecule has 132 valence electrons. The van der Waals surface area contributed by atoms with Crippen LogP contribution in [0.5, 0.6) is 0 Å². The number of carbonyl (C=O) groups excluding carboxylic acids is 1. The van der Waals surface area contributed by atoms with Gasteiger partial charge in [-0.25, -0.2) is 4.98 Å². The van der Waals surface area contributed by atoms with Crippen molar-refractivity contribution in [3.05, 3.63) is 23.9 Å². The van der Waals surface area contributed by atoms with Gasteiger partial charge in [0, 0.05) is 25.8 Å². The summed E-state index contributed by atoms with van der Waals surface area (Å²) in [6.45, 7) is 1.69. The maximum atomic E-state index is 13.0. The normalized spacial score (nSPS) is 20.9. The van der Waals surface area contributed by atoms with E-state index in [1.807, 2.05) is 6.92 Å².